The predicted octanol–water partition coefficient (Wildman–Crippen LogP) is 3.13. The monoisotopic (exact) mass is 350 g/mol. The second-order valence-corrected chi connectivity index (χ2v) is 5.40. The SMILES string of the molecule is COc1c(C(=O)NCC#N)ccc2[nH]nc(/C=C/c3ccc(F)cc3)c12. The van der Waals surface area contributed by atoms with Crippen LogP contribution in [0, 0.1) is 17.1 Å². The molecule has 2 N–H and O–H groups in total. The summed E-state index contributed by atoms with van der Waals surface area (Å²) >= 11 is 0. The number of halogens is 1. The molecule has 0 spiro atoms. The summed E-state index contributed by atoms with van der Waals surface area (Å²) in [4.78, 5) is 12.2. The summed E-state index contributed by atoms with van der Waals surface area (Å²) in [5.74, 6) is -0.340. The number of fused-ring (bicyclic) bond motifs is 1. The van der Waals surface area contributed by atoms with E-state index in [9.17, 15) is 9.18 Å². The van der Waals surface area contributed by atoms with E-state index in [-0.39, 0.29) is 12.4 Å². The fourth-order valence-corrected chi connectivity index (χ4v) is 2.58. The number of H-pyrrole nitrogens is 1. The van der Waals surface area contributed by atoms with Gasteiger partial charge in [-0.25, -0.2) is 4.39 Å². The van der Waals surface area contributed by atoms with Crippen molar-refractivity contribution >= 4 is 29.0 Å². The molecule has 3 aromatic rings. The van der Waals surface area contributed by atoms with E-state index in [0.717, 1.165) is 5.56 Å². The van der Waals surface area contributed by atoms with E-state index >= 15 is 0 Å². The molecule has 2 aromatic carbocycles. The molecule has 0 atom stereocenters. The van der Waals surface area contributed by atoms with Crippen molar-refractivity contribution in [2.45, 2.75) is 0 Å². The topological polar surface area (TPSA) is 90.8 Å². The first-order valence-corrected chi connectivity index (χ1v) is 7.78. The van der Waals surface area contributed by atoms with Crippen LogP contribution in [0.15, 0.2) is 36.4 Å². The van der Waals surface area contributed by atoms with Crippen LogP contribution in [0.5, 0.6) is 5.75 Å². The molecule has 1 heterocycles. The van der Waals surface area contributed by atoms with Gasteiger partial charge in [-0.1, -0.05) is 18.2 Å². The molecule has 6 nitrogen and oxygen atoms in total. The zero-order chi connectivity index (χ0) is 18.5. The molecule has 0 saturated carbocycles. The molecular weight excluding hydrogens is 335 g/mol. The highest BCUT2D eigenvalue weighted by atomic mass is 19.1. The van der Waals surface area contributed by atoms with Gasteiger partial charge in [-0.15, -0.1) is 0 Å². The average Bonchev–Trinajstić information content (AvgIpc) is 3.08. The van der Waals surface area contributed by atoms with Crippen LogP contribution >= 0.6 is 0 Å². The maximum absolute atomic E-state index is 13.0. The van der Waals surface area contributed by atoms with E-state index in [4.69, 9.17) is 10.00 Å². The number of carbonyl (C=O) groups is 1. The summed E-state index contributed by atoms with van der Waals surface area (Å²) in [5.41, 5.74) is 2.41. The van der Waals surface area contributed by atoms with Crippen LogP contribution in [0.3, 0.4) is 0 Å². The molecule has 0 aliphatic heterocycles. The minimum atomic E-state index is -0.403. The van der Waals surface area contributed by atoms with Crippen molar-refractivity contribution in [3.05, 3.63) is 59.0 Å². The van der Waals surface area contributed by atoms with E-state index in [2.05, 4.69) is 15.5 Å². The van der Waals surface area contributed by atoms with Crippen molar-refractivity contribution in [2.75, 3.05) is 13.7 Å². The third-order valence-electron chi connectivity index (χ3n) is 3.79. The summed E-state index contributed by atoms with van der Waals surface area (Å²) in [6.07, 6.45) is 3.54. The maximum atomic E-state index is 13.0. The molecule has 0 saturated heterocycles. The van der Waals surface area contributed by atoms with Crippen molar-refractivity contribution in [3.63, 3.8) is 0 Å². The first kappa shape index (κ1) is 17.2. The summed E-state index contributed by atoms with van der Waals surface area (Å²) in [5, 5.41) is 18.9. The Balaban J connectivity index is 2.02. The molecule has 1 amide bonds. The Morgan fingerprint density at radius 1 is 1.31 bits per heavy atom. The molecule has 3 rings (SSSR count). The van der Waals surface area contributed by atoms with E-state index in [1.54, 1.807) is 36.4 Å². The largest absolute Gasteiger partial charge is 0.495 e. The van der Waals surface area contributed by atoms with Crippen molar-refractivity contribution in [1.29, 1.82) is 5.26 Å². The van der Waals surface area contributed by atoms with Crippen LogP contribution in [-0.2, 0) is 0 Å². The summed E-state index contributed by atoms with van der Waals surface area (Å²) < 4.78 is 18.4. The van der Waals surface area contributed by atoms with E-state index in [0.29, 0.717) is 27.9 Å². The average molecular weight is 350 g/mol. The smallest absolute Gasteiger partial charge is 0.255 e. The Bertz CT molecular complexity index is 1020. The van der Waals surface area contributed by atoms with Gasteiger partial charge < -0.3 is 10.1 Å². The van der Waals surface area contributed by atoms with Gasteiger partial charge in [0.15, 0.2) is 0 Å². The zero-order valence-corrected chi connectivity index (χ0v) is 13.9. The Kier molecular flexibility index (Phi) is 4.94. The number of methoxy groups -OCH3 is 1. The van der Waals surface area contributed by atoms with Crippen molar-refractivity contribution in [3.8, 4) is 11.8 Å². The Labute approximate surface area is 148 Å². The van der Waals surface area contributed by atoms with E-state index in [1.165, 1.54) is 19.2 Å². The molecule has 26 heavy (non-hydrogen) atoms. The van der Waals surface area contributed by atoms with Crippen LogP contribution < -0.4 is 10.1 Å². The van der Waals surface area contributed by atoms with E-state index < -0.39 is 5.91 Å². The number of nitrogens with one attached hydrogen (secondary N) is 2. The number of ether oxygens (including phenoxy) is 1. The molecular formula is C19H15FN4O2. The number of rotatable bonds is 5. The Morgan fingerprint density at radius 3 is 2.77 bits per heavy atom. The normalized spacial score (nSPS) is 10.8. The lowest BCUT2D eigenvalue weighted by molar-refractivity contribution is 0.0955. The first-order chi connectivity index (χ1) is 12.6. The Hall–Kier alpha value is -3.66. The molecule has 1 aromatic heterocycles. The second kappa shape index (κ2) is 7.49. The van der Waals surface area contributed by atoms with Gasteiger partial charge in [-0.2, -0.15) is 10.4 Å². The zero-order valence-electron chi connectivity index (χ0n) is 13.9. The van der Waals surface area contributed by atoms with Gasteiger partial charge in [0, 0.05) is 0 Å². The van der Waals surface area contributed by atoms with Crippen LogP contribution in [-0.4, -0.2) is 29.8 Å². The number of carbonyl (C=O) groups excluding carboxylic acids is 1. The maximum Gasteiger partial charge on any atom is 0.255 e. The third-order valence-corrected chi connectivity index (χ3v) is 3.79. The standard InChI is InChI=1S/C19H15FN4O2/c1-26-18-14(19(25)22-11-10-21)7-9-16-17(18)15(23-24-16)8-4-12-2-5-13(20)6-3-12/h2-9H,11H2,1H3,(H,22,25)(H,23,24)/b8-4+. The molecule has 0 fully saturated rings. The summed E-state index contributed by atoms with van der Waals surface area (Å²) in [7, 11) is 1.47. The highest BCUT2D eigenvalue weighted by Gasteiger charge is 2.18. The number of aromatic amines is 1. The minimum absolute atomic E-state index is 0.0945. The van der Waals surface area contributed by atoms with Crippen molar-refractivity contribution in [1.82, 2.24) is 15.5 Å². The summed E-state index contributed by atoms with van der Waals surface area (Å²) in [6.45, 7) is -0.0945. The van der Waals surface area contributed by atoms with Crippen LogP contribution in [0.2, 0.25) is 0 Å². The Morgan fingerprint density at radius 2 is 2.08 bits per heavy atom. The van der Waals surface area contributed by atoms with Crippen molar-refractivity contribution in [2.24, 2.45) is 0 Å². The minimum Gasteiger partial charge on any atom is -0.495 e. The van der Waals surface area contributed by atoms with E-state index in [1.807, 2.05) is 6.07 Å². The third kappa shape index (κ3) is 3.39. The number of aromatic nitrogens is 2. The predicted molar refractivity (Wildman–Crippen MR) is 95.9 cm³/mol. The van der Waals surface area contributed by atoms with Gasteiger partial charge in [-0.3, -0.25) is 9.89 Å². The van der Waals surface area contributed by atoms with Crippen LogP contribution in [0.1, 0.15) is 21.6 Å². The van der Waals surface area contributed by atoms with Crippen LogP contribution in [0.4, 0.5) is 4.39 Å². The van der Waals surface area contributed by atoms with Gasteiger partial charge in [0.05, 0.1) is 35.3 Å². The molecule has 7 heteroatoms. The highest BCUT2D eigenvalue weighted by molar-refractivity contribution is 6.05. The number of hydrogen-bond acceptors (Lipinski definition) is 4. The molecule has 0 bridgehead atoms. The fraction of sp³-hybridized carbons (Fsp3) is 0.105. The number of nitriles is 1. The van der Waals surface area contributed by atoms with Gasteiger partial charge in [0.1, 0.15) is 18.1 Å². The summed E-state index contributed by atoms with van der Waals surface area (Å²) in [6, 6.07) is 11.3. The number of benzene rings is 2. The molecule has 130 valence electrons. The second-order valence-electron chi connectivity index (χ2n) is 5.40. The molecule has 0 aliphatic carbocycles. The highest BCUT2D eigenvalue weighted by Crippen LogP contribution is 2.32. The van der Waals surface area contributed by atoms with Gasteiger partial charge in [0.25, 0.3) is 5.91 Å². The first-order valence-electron chi connectivity index (χ1n) is 7.78. The number of nitrogens with zero attached hydrogens (tertiary/aromatic N) is 2. The quantitative estimate of drug-likeness (QED) is 0.692. The molecule has 0 radical (unpaired) electrons. The fourth-order valence-electron chi connectivity index (χ4n) is 2.58. The lowest BCUT2D eigenvalue weighted by atomic mass is 10.1. The lowest BCUT2D eigenvalue weighted by Gasteiger charge is -2.09. The molecule has 0 unspecified atom stereocenters. The lowest BCUT2D eigenvalue weighted by Crippen LogP contribution is -2.24. The number of amides is 1. The molecule has 0 aliphatic rings. The van der Waals surface area contributed by atoms with Gasteiger partial charge >= 0.3 is 0 Å². The van der Waals surface area contributed by atoms with Gasteiger partial charge in [-0.05, 0) is 35.9 Å². The van der Waals surface area contributed by atoms with Crippen molar-refractivity contribution < 1.29 is 13.9 Å². The van der Waals surface area contributed by atoms with Crippen LogP contribution in [0.25, 0.3) is 23.1 Å². The van der Waals surface area contributed by atoms with Gasteiger partial charge in [0.2, 0.25) is 0 Å². The number of hydrogen-bond donors (Lipinski definition) is 2.